The molecule has 4 heteroatoms. The Balaban J connectivity index is 1.01. The van der Waals surface area contributed by atoms with Crippen LogP contribution in [0.25, 0.3) is 21.9 Å². The number of fused-ring (bicyclic) bond motifs is 11. The summed E-state index contributed by atoms with van der Waals surface area (Å²) in [5.41, 5.74) is 12.4. The fraction of sp³-hybridized carbons (Fsp3) is 0.200. The van der Waals surface area contributed by atoms with Gasteiger partial charge in [-0.05, 0) is 100.0 Å². The molecule has 0 N–H and O–H groups in total. The Kier molecular flexibility index (Phi) is 8.67. The van der Waals surface area contributed by atoms with E-state index in [1.54, 1.807) is 0 Å². The lowest BCUT2D eigenvalue weighted by Crippen LogP contribution is -2.42. The van der Waals surface area contributed by atoms with Crippen LogP contribution in [0.15, 0.2) is 198 Å². The van der Waals surface area contributed by atoms with E-state index in [2.05, 4.69) is 205 Å². The van der Waals surface area contributed by atoms with Gasteiger partial charge in [0.05, 0.1) is 17.8 Å². The molecule has 2 nitrogen and oxygen atoms in total. The van der Waals surface area contributed by atoms with Crippen LogP contribution in [0.2, 0.25) is 0 Å². The first-order chi connectivity index (χ1) is 29.2. The molecule has 2 heterocycles. The molecule has 59 heavy (non-hydrogen) atoms. The van der Waals surface area contributed by atoms with Crippen LogP contribution in [-0.4, -0.2) is 22.6 Å². The van der Waals surface area contributed by atoms with Crippen molar-refractivity contribution >= 4 is 51.4 Å². The Morgan fingerprint density at radius 3 is 2.17 bits per heavy atom. The Hall–Kier alpha value is -5.42. The van der Waals surface area contributed by atoms with Crippen LogP contribution in [-0.2, 0) is 6.42 Å². The number of nitrogens with zero attached hydrogens (tertiary/aromatic N) is 2. The highest BCUT2D eigenvalue weighted by Crippen LogP contribution is 2.55. The summed E-state index contributed by atoms with van der Waals surface area (Å²) in [6.07, 6.45) is 25.6. The minimum absolute atomic E-state index is 0.173. The average molecular weight is 799 g/mol. The van der Waals surface area contributed by atoms with Crippen molar-refractivity contribution in [3.63, 3.8) is 0 Å². The molecule has 0 aromatic heterocycles. The Bertz CT molecular complexity index is 2780. The largest absolute Gasteiger partial charge is 0.358 e. The minimum Gasteiger partial charge on any atom is -0.358 e. The van der Waals surface area contributed by atoms with Gasteiger partial charge in [-0.15, -0.1) is 23.5 Å². The molecule has 12 rings (SSSR count). The van der Waals surface area contributed by atoms with Crippen LogP contribution in [0.3, 0.4) is 0 Å². The van der Waals surface area contributed by atoms with E-state index in [1.807, 2.05) is 23.5 Å². The molecule has 288 valence electrons. The maximum Gasteiger partial charge on any atom is 0.0595 e. The maximum atomic E-state index is 2.78. The maximum absolute atomic E-state index is 2.78. The zero-order valence-electron chi connectivity index (χ0n) is 33.1. The van der Waals surface area contributed by atoms with Crippen LogP contribution in [0, 0.1) is 5.92 Å². The van der Waals surface area contributed by atoms with Crippen molar-refractivity contribution in [1.29, 1.82) is 0 Å². The van der Waals surface area contributed by atoms with Gasteiger partial charge in [-0.3, -0.25) is 0 Å². The van der Waals surface area contributed by atoms with E-state index < -0.39 is 0 Å². The predicted molar refractivity (Wildman–Crippen MR) is 252 cm³/mol. The van der Waals surface area contributed by atoms with Gasteiger partial charge in [-0.25, -0.2) is 0 Å². The number of para-hydroxylation sites is 1. The van der Waals surface area contributed by atoms with Crippen LogP contribution >= 0.6 is 23.5 Å². The van der Waals surface area contributed by atoms with Gasteiger partial charge >= 0.3 is 0 Å². The molecule has 4 aliphatic carbocycles. The van der Waals surface area contributed by atoms with Crippen LogP contribution in [0.5, 0.6) is 0 Å². The summed E-state index contributed by atoms with van der Waals surface area (Å²) in [6.45, 7) is 2.37. The third-order valence-corrected chi connectivity index (χ3v) is 16.5. The van der Waals surface area contributed by atoms with E-state index in [9.17, 15) is 0 Å². The highest BCUT2D eigenvalue weighted by atomic mass is 32.2. The molecule has 0 saturated carbocycles. The molecule has 0 radical (unpaired) electrons. The first-order valence-corrected chi connectivity index (χ1v) is 23.1. The fourth-order valence-corrected chi connectivity index (χ4v) is 13.8. The monoisotopic (exact) mass is 798 g/mol. The number of allylic oxidation sites excluding steroid dienone is 5. The van der Waals surface area contributed by atoms with Crippen molar-refractivity contribution in [3.05, 3.63) is 210 Å². The van der Waals surface area contributed by atoms with Gasteiger partial charge in [0.1, 0.15) is 0 Å². The lowest BCUT2D eigenvalue weighted by atomic mass is 9.77. The van der Waals surface area contributed by atoms with Crippen LogP contribution in [0.4, 0.5) is 17.1 Å². The third kappa shape index (κ3) is 5.85. The van der Waals surface area contributed by atoms with Crippen molar-refractivity contribution in [3.8, 4) is 11.1 Å². The zero-order valence-corrected chi connectivity index (χ0v) is 34.8. The highest BCUT2D eigenvalue weighted by molar-refractivity contribution is 8.00. The van der Waals surface area contributed by atoms with Crippen molar-refractivity contribution in [2.24, 2.45) is 5.92 Å². The fourth-order valence-electron chi connectivity index (χ4n) is 11.1. The zero-order chi connectivity index (χ0) is 39.0. The van der Waals surface area contributed by atoms with Gasteiger partial charge in [-0.1, -0.05) is 153 Å². The van der Waals surface area contributed by atoms with E-state index in [-0.39, 0.29) is 18.1 Å². The Morgan fingerprint density at radius 1 is 0.542 bits per heavy atom. The second-order valence-electron chi connectivity index (χ2n) is 17.0. The van der Waals surface area contributed by atoms with E-state index in [0.29, 0.717) is 28.3 Å². The Morgan fingerprint density at radius 2 is 1.27 bits per heavy atom. The lowest BCUT2D eigenvalue weighted by Gasteiger charge is -2.45. The number of hydrogen-bond donors (Lipinski definition) is 0. The van der Waals surface area contributed by atoms with E-state index in [1.165, 1.54) is 71.0 Å². The molecule has 8 atom stereocenters. The average Bonchev–Trinajstić information content (AvgIpc) is 3.86. The molecule has 0 bridgehead atoms. The molecule has 0 saturated heterocycles. The smallest absolute Gasteiger partial charge is 0.0595 e. The predicted octanol–water partition coefficient (Wildman–Crippen LogP) is 14.1. The quantitative estimate of drug-likeness (QED) is 0.155. The number of thioether (sulfide) groups is 2. The molecule has 2 aliphatic heterocycles. The molecule has 0 fully saturated rings. The second kappa shape index (κ2) is 14.4. The summed E-state index contributed by atoms with van der Waals surface area (Å²) in [6, 6.07) is 49.4. The standard InChI is InChI=1S/C55H46N2S2/c1-35-15-5-12-24-49(35)57(38-28-30-55-48(32-38)44-23-11-14-26-53(44)59-55)51-34-46-39-18-6-8-20-41(39)50(33-45(46)40-19-7-9-21-42(40)51)56(36-16-3-2-4-17-36)37-27-29-54-47(31-37)43-22-10-13-25-52(43)58-54/h2-30,32,34-35,37,44,47,49-50,53-54H,31,33H2,1H3/t35?,37?,44?,47?,49?,50?,53-,54?/m0/s1. The first kappa shape index (κ1) is 35.5. The molecule has 0 amide bonds. The summed E-state index contributed by atoms with van der Waals surface area (Å²) in [7, 11) is 0. The highest BCUT2D eigenvalue weighted by Gasteiger charge is 2.41. The van der Waals surface area contributed by atoms with Crippen molar-refractivity contribution in [2.45, 2.75) is 70.0 Å². The minimum atomic E-state index is 0.173. The normalized spacial score (nSPS) is 26.5. The number of hydrogen-bond acceptors (Lipinski definition) is 4. The van der Waals surface area contributed by atoms with Gasteiger partial charge in [-0.2, -0.15) is 0 Å². The molecule has 6 aromatic rings. The van der Waals surface area contributed by atoms with Crippen LogP contribution in [0.1, 0.15) is 53.5 Å². The van der Waals surface area contributed by atoms with E-state index in [4.69, 9.17) is 0 Å². The topological polar surface area (TPSA) is 6.48 Å². The van der Waals surface area contributed by atoms with Crippen molar-refractivity contribution < 1.29 is 0 Å². The summed E-state index contributed by atoms with van der Waals surface area (Å²) in [5.74, 6) is 1.26. The second-order valence-corrected chi connectivity index (χ2v) is 19.5. The molecule has 6 aliphatic rings. The van der Waals surface area contributed by atoms with Crippen molar-refractivity contribution in [2.75, 3.05) is 9.80 Å². The summed E-state index contributed by atoms with van der Waals surface area (Å²) < 4.78 is 0. The van der Waals surface area contributed by atoms with Gasteiger partial charge in [0.2, 0.25) is 0 Å². The summed E-state index contributed by atoms with van der Waals surface area (Å²) in [5, 5.41) is 3.65. The van der Waals surface area contributed by atoms with Crippen LogP contribution < -0.4 is 9.80 Å². The molecular weight excluding hydrogens is 753 g/mol. The number of rotatable bonds is 6. The van der Waals surface area contributed by atoms with E-state index >= 15 is 0 Å². The molecule has 7 unspecified atom stereocenters. The third-order valence-electron chi connectivity index (χ3n) is 13.8. The first-order valence-electron chi connectivity index (χ1n) is 21.4. The molecule has 0 spiro atoms. The van der Waals surface area contributed by atoms with Gasteiger partial charge in [0.25, 0.3) is 0 Å². The van der Waals surface area contributed by atoms with Gasteiger partial charge in [0.15, 0.2) is 0 Å². The lowest BCUT2D eigenvalue weighted by molar-refractivity contribution is 0.488. The number of anilines is 3. The molecule has 6 aromatic carbocycles. The number of benzene rings is 6. The van der Waals surface area contributed by atoms with Gasteiger partial charge < -0.3 is 9.80 Å². The van der Waals surface area contributed by atoms with E-state index in [0.717, 1.165) is 12.8 Å². The van der Waals surface area contributed by atoms with Crippen molar-refractivity contribution in [1.82, 2.24) is 0 Å². The molecular formula is C55H46N2S2. The summed E-state index contributed by atoms with van der Waals surface area (Å²) in [4.78, 5) is 8.30. The SMILES string of the molecule is CC1C=CC=CC1N(c1ccc2c(c1)C1C=CC=C[C@@H]1S2)c1cc2c(c3ccccc13)CC(N(c1ccccc1)C1C=CC3Sc4ccccc4C3C1)c1ccccc1-2. The summed E-state index contributed by atoms with van der Waals surface area (Å²) >= 11 is 4.05. The van der Waals surface area contributed by atoms with Gasteiger partial charge in [0, 0.05) is 54.9 Å². The Labute approximate surface area is 356 Å².